The van der Waals surface area contributed by atoms with E-state index < -0.39 is 6.04 Å². The monoisotopic (exact) mass is 500 g/mol. The van der Waals surface area contributed by atoms with Gasteiger partial charge in [0.1, 0.15) is 17.6 Å². The van der Waals surface area contributed by atoms with Crippen molar-refractivity contribution in [1.82, 2.24) is 10.2 Å². The summed E-state index contributed by atoms with van der Waals surface area (Å²) in [4.78, 5) is 27.2. The Morgan fingerprint density at radius 2 is 1.72 bits per heavy atom. The van der Waals surface area contributed by atoms with Crippen LogP contribution in [0.15, 0.2) is 65.1 Å². The smallest absolute Gasteiger partial charge is 0.261 e. The third-order valence-electron chi connectivity index (χ3n) is 5.04. The largest absolute Gasteiger partial charge is 0.483 e. The molecule has 3 rings (SSSR count). The molecule has 0 spiro atoms. The van der Waals surface area contributed by atoms with Gasteiger partial charge in [-0.25, -0.2) is 4.39 Å². The highest BCUT2D eigenvalue weighted by Crippen LogP contribution is 2.33. The van der Waals surface area contributed by atoms with Crippen LogP contribution in [0.4, 0.5) is 4.39 Å². The zero-order valence-electron chi connectivity index (χ0n) is 18.3. The van der Waals surface area contributed by atoms with E-state index in [1.165, 1.54) is 17.0 Å². The molecule has 32 heavy (non-hydrogen) atoms. The standard InChI is InChI=1S/C25H26BrFN2O3/c1-16(2)28-25(31)17(3)29(14-18-8-11-20(27)12-9-18)23(30)15-32-22-13-10-19-6-4-5-7-21(19)24(22)26/h4-13,16-17H,14-15H2,1-3H3,(H,28,31). The molecular formula is C25H26BrFN2O3. The quantitative estimate of drug-likeness (QED) is 0.470. The van der Waals surface area contributed by atoms with Crippen LogP contribution in [0.5, 0.6) is 5.75 Å². The van der Waals surface area contributed by atoms with Crippen molar-refractivity contribution in [1.29, 1.82) is 0 Å². The van der Waals surface area contributed by atoms with Crippen molar-refractivity contribution in [3.63, 3.8) is 0 Å². The van der Waals surface area contributed by atoms with Crippen LogP contribution < -0.4 is 10.1 Å². The molecule has 0 aliphatic carbocycles. The Bertz CT molecular complexity index is 1100. The Hall–Kier alpha value is -2.93. The lowest BCUT2D eigenvalue weighted by atomic mass is 10.1. The minimum Gasteiger partial charge on any atom is -0.483 e. The molecule has 1 N–H and O–H groups in total. The SMILES string of the molecule is CC(C)NC(=O)C(C)N(Cc1ccc(F)cc1)C(=O)COc1ccc2ccccc2c1Br. The molecule has 3 aromatic rings. The summed E-state index contributed by atoms with van der Waals surface area (Å²) >= 11 is 3.56. The Morgan fingerprint density at radius 1 is 1.03 bits per heavy atom. The van der Waals surface area contributed by atoms with E-state index in [-0.39, 0.29) is 36.8 Å². The summed E-state index contributed by atoms with van der Waals surface area (Å²) in [6, 6.07) is 16.7. The van der Waals surface area contributed by atoms with Crippen molar-refractivity contribution in [3.8, 4) is 5.75 Å². The summed E-state index contributed by atoms with van der Waals surface area (Å²) in [5, 5.41) is 4.86. The fourth-order valence-corrected chi connectivity index (χ4v) is 3.93. The van der Waals surface area contributed by atoms with Crippen molar-refractivity contribution in [2.75, 3.05) is 6.61 Å². The number of hydrogen-bond acceptors (Lipinski definition) is 3. The highest BCUT2D eigenvalue weighted by atomic mass is 79.9. The van der Waals surface area contributed by atoms with Crippen LogP contribution in [-0.4, -0.2) is 35.4 Å². The fraction of sp³-hybridized carbons (Fsp3) is 0.280. The summed E-state index contributed by atoms with van der Waals surface area (Å²) in [5.74, 6) is -0.428. The van der Waals surface area contributed by atoms with Crippen LogP contribution in [-0.2, 0) is 16.1 Å². The maximum atomic E-state index is 13.3. The van der Waals surface area contributed by atoms with E-state index in [0.29, 0.717) is 5.75 Å². The molecule has 2 amide bonds. The van der Waals surface area contributed by atoms with Crippen molar-refractivity contribution >= 4 is 38.5 Å². The van der Waals surface area contributed by atoms with Gasteiger partial charge in [0.25, 0.3) is 5.91 Å². The number of fused-ring (bicyclic) bond motifs is 1. The molecule has 1 unspecified atom stereocenters. The molecule has 7 heteroatoms. The first-order valence-electron chi connectivity index (χ1n) is 10.4. The molecule has 0 radical (unpaired) electrons. The van der Waals surface area contributed by atoms with Crippen LogP contribution in [0, 0.1) is 5.82 Å². The van der Waals surface area contributed by atoms with Crippen molar-refractivity contribution < 1.29 is 18.7 Å². The van der Waals surface area contributed by atoms with Gasteiger partial charge in [-0.2, -0.15) is 0 Å². The predicted molar refractivity (Wildman–Crippen MR) is 127 cm³/mol. The highest BCUT2D eigenvalue weighted by Gasteiger charge is 2.27. The first kappa shape index (κ1) is 23.7. The maximum absolute atomic E-state index is 13.3. The normalized spacial score (nSPS) is 11.9. The number of nitrogens with one attached hydrogen (secondary N) is 1. The van der Waals surface area contributed by atoms with Crippen molar-refractivity contribution in [2.24, 2.45) is 0 Å². The molecular weight excluding hydrogens is 475 g/mol. The van der Waals surface area contributed by atoms with E-state index in [1.807, 2.05) is 44.2 Å². The summed E-state index contributed by atoms with van der Waals surface area (Å²) < 4.78 is 19.9. The Kier molecular flexibility index (Phi) is 7.85. The Balaban J connectivity index is 1.78. The van der Waals surface area contributed by atoms with Gasteiger partial charge in [-0.15, -0.1) is 0 Å². The number of amides is 2. The molecule has 1 atom stereocenters. The lowest BCUT2D eigenvalue weighted by Crippen LogP contribution is -2.50. The second-order valence-corrected chi connectivity index (χ2v) is 8.67. The second kappa shape index (κ2) is 10.6. The van der Waals surface area contributed by atoms with Crippen molar-refractivity contribution in [2.45, 2.75) is 39.4 Å². The first-order chi connectivity index (χ1) is 15.3. The van der Waals surface area contributed by atoms with Crippen LogP contribution >= 0.6 is 15.9 Å². The minimum absolute atomic E-state index is 0.0578. The van der Waals surface area contributed by atoms with Gasteiger partial charge in [-0.05, 0) is 71.2 Å². The predicted octanol–water partition coefficient (Wildman–Crippen LogP) is 5.06. The minimum atomic E-state index is -0.724. The van der Waals surface area contributed by atoms with Gasteiger partial charge >= 0.3 is 0 Å². The number of carbonyl (C=O) groups is 2. The average molecular weight is 501 g/mol. The molecule has 168 valence electrons. The fourth-order valence-electron chi connectivity index (χ4n) is 3.32. The van der Waals surface area contributed by atoms with E-state index in [9.17, 15) is 14.0 Å². The molecule has 0 aromatic heterocycles. The van der Waals surface area contributed by atoms with Gasteiger partial charge in [0.05, 0.1) is 4.47 Å². The van der Waals surface area contributed by atoms with Gasteiger partial charge in [-0.1, -0.05) is 42.5 Å². The summed E-state index contributed by atoms with van der Waals surface area (Å²) in [6.45, 7) is 5.31. The highest BCUT2D eigenvalue weighted by molar-refractivity contribution is 9.10. The molecule has 0 aliphatic rings. The first-order valence-corrected chi connectivity index (χ1v) is 11.2. The van der Waals surface area contributed by atoms with Gasteiger partial charge in [0, 0.05) is 12.6 Å². The number of nitrogens with zero attached hydrogens (tertiary/aromatic N) is 1. The summed E-state index contributed by atoms with van der Waals surface area (Å²) in [6.07, 6.45) is 0. The third kappa shape index (κ3) is 5.85. The lowest BCUT2D eigenvalue weighted by Gasteiger charge is -2.29. The van der Waals surface area contributed by atoms with E-state index in [1.54, 1.807) is 25.1 Å². The summed E-state index contributed by atoms with van der Waals surface area (Å²) in [7, 11) is 0. The molecule has 5 nitrogen and oxygen atoms in total. The number of hydrogen-bond donors (Lipinski definition) is 1. The number of halogens is 2. The lowest BCUT2D eigenvalue weighted by molar-refractivity contribution is -0.142. The van der Waals surface area contributed by atoms with Gasteiger partial charge in [-0.3, -0.25) is 9.59 Å². The van der Waals surface area contributed by atoms with Crippen LogP contribution in [0.2, 0.25) is 0 Å². The van der Waals surface area contributed by atoms with E-state index in [2.05, 4.69) is 21.2 Å². The molecule has 3 aromatic carbocycles. The number of ether oxygens (including phenoxy) is 1. The number of benzene rings is 3. The van der Waals surface area contributed by atoms with Gasteiger partial charge in [0.15, 0.2) is 6.61 Å². The maximum Gasteiger partial charge on any atom is 0.261 e. The van der Waals surface area contributed by atoms with Crippen LogP contribution in [0.1, 0.15) is 26.3 Å². The van der Waals surface area contributed by atoms with Gasteiger partial charge < -0.3 is 15.0 Å². The number of rotatable bonds is 8. The third-order valence-corrected chi connectivity index (χ3v) is 5.86. The van der Waals surface area contributed by atoms with Crippen LogP contribution in [0.3, 0.4) is 0 Å². The van der Waals surface area contributed by atoms with E-state index in [0.717, 1.165) is 20.8 Å². The second-order valence-electron chi connectivity index (χ2n) is 7.87. The molecule has 0 heterocycles. The van der Waals surface area contributed by atoms with Gasteiger partial charge in [0.2, 0.25) is 5.91 Å². The Labute approximate surface area is 195 Å². The topological polar surface area (TPSA) is 58.6 Å². The molecule has 0 saturated heterocycles. The average Bonchev–Trinajstić information content (AvgIpc) is 2.77. The zero-order chi connectivity index (χ0) is 23.3. The zero-order valence-corrected chi connectivity index (χ0v) is 19.9. The van der Waals surface area contributed by atoms with E-state index >= 15 is 0 Å². The molecule has 0 bridgehead atoms. The number of carbonyl (C=O) groups excluding carboxylic acids is 2. The molecule has 0 aliphatic heterocycles. The van der Waals surface area contributed by atoms with Crippen molar-refractivity contribution in [3.05, 3.63) is 76.5 Å². The van der Waals surface area contributed by atoms with E-state index in [4.69, 9.17) is 4.74 Å². The Morgan fingerprint density at radius 3 is 2.41 bits per heavy atom. The van der Waals surface area contributed by atoms with Crippen LogP contribution in [0.25, 0.3) is 10.8 Å². The molecule has 0 saturated carbocycles. The summed E-state index contributed by atoms with van der Waals surface area (Å²) in [5.41, 5.74) is 0.718. The molecule has 0 fully saturated rings.